The number of rotatable bonds is 3. The van der Waals surface area contributed by atoms with Crippen LogP contribution < -0.4 is 10.6 Å². The number of halogens is 1. The molecule has 2 rings (SSSR count). The van der Waals surface area contributed by atoms with E-state index in [1.54, 1.807) is 0 Å². The smallest absolute Gasteiger partial charge is 0.319 e. The Morgan fingerprint density at radius 2 is 2.10 bits per heavy atom. The molecule has 0 bridgehead atoms. The average Bonchev–Trinajstić information content (AvgIpc) is 2.47. The number of amides is 2. The predicted molar refractivity (Wildman–Crippen MR) is 78.2 cm³/mol. The molecule has 0 atom stereocenters. The topological polar surface area (TPSA) is 64.9 Å². The van der Waals surface area contributed by atoms with Crippen molar-refractivity contribution in [2.45, 2.75) is 13.5 Å². The molecule has 0 aliphatic rings. The number of nitrogens with one attached hydrogen (secondary N) is 2. The molecule has 0 unspecified atom stereocenters. The predicted octanol–water partition coefficient (Wildman–Crippen LogP) is 3.33. The largest absolute Gasteiger partial charge is 0.334 e. The Morgan fingerprint density at radius 3 is 2.81 bits per heavy atom. The van der Waals surface area contributed by atoms with Crippen molar-refractivity contribution in [3.8, 4) is 6.07 Å². The van der Waals surface area contributed by atoms with Crippen LogP contribution in [0.1, 0.15) is 16.7 Å². The summed E-state index contributed by atoms with van der Waals surface area (Å²) in [6.07, 6.45) is 0. The second-order valence-electron chi connectivity index (χ2n) is 4.60. The number of urea groups is 1. The van der Waals surface area contributed by atoms with Gasteiger partial charge in [-0.1, -0.05) is 29.8 Å². The third-order valence-electron chi connectivity index (χ3n) is 2.89. The van der Waals surface area contributed by atoms with Gasteiger partial charge in [-0.15, -0.1) is 0 Å². The first-order chi connectivity index (χ1) is 10.1. The van der Waals surface area contributed by atoms with E-state index < -0.39 is 11.8 Å². The Labute approximate surface area is 122 Å². The number of hydrogen-bond acceptors (Lipinski definition) is 2. The third kappa shape index (κ3) is 4.05. The summed E-state index contributed by atoms with van der Waals surface area (Å²) in [6, 6.07) is 12.8. The Balaban J connectivity index is 1.98. The summed E-state index contributed by atoms with van der Waals surface area (Å²) in [5, 5.41) is 14.1. The maximum Gasteiger partial charge on any atom is 0.319 e. The molecule has 0 saturated carbocycles. The van der Waals surface area contributed by atoms with E-state index in [4.69, 9.17) is 5.26 Å². The summed E-state index contributed by atoms with van der Waals surface area (Å²) in [4.78, 5) is 11.8. The molecule has 0 spiro atoms. The minimum atomic E-state index is -0.516. The van der Waals surface area contributed by atoms with Crippen LogP contribution >= 0.6 is 0 Å². The number of aryl methyl sites for hydroxylation is 1. The molecule has 0 aromatic heterocycles. The van der Waals surface area contributed by atoms with Crippen LogP contribution in [0.15, 0.2) is 42.5 Å². The monoisotopic (exact) mass is 283 g/mol. The first-order valence-electron chi connectivity index (χ1n) is 6.38. The first-order valence-corrected chi connectivity index (χ1v) is 6.38. The van der Waals surface area contributed by atoms with Gasteiger partial charge in [0.25, 0.3) is 0 Å². The van der Waals surface area contributed by atoms with Crippen LogP contribution in [-0.2, 0) is 6.54 Å². The molecule has 0 heterocycles. The molecule has 2 N–H and O–H groups in total. The zero-order chi connectivity index (χ0) is 15.2. The molecule has 2 aromatic carbocycles. The zero-order valence-corrected chi connectivity index (χ0v) is 11.5. The van der Waals surface area contributed by atoms with Gasteiger partial charge in [-0.25, -0.2) is 9.18 Å². The molecular weight excluding hydrogens is 269 g/mol. The molecule has 2 aromatic rings. The highest BCUT2D eigenvalue weighted by Crippen LogP contribution is 2.15. The summed E-state index contributed by atoms with van der Waals surface area (Å²) in [6.45, 7) is 2.35. The minimum Gasteiger partial charge on any atom is -0.334 e. The highest BCUT2D eigenvalue weighted by molar-refractivity contribution is 5.90. The normalized spacial score (nSPS) is 9.76. The minimum absolute atomic E-state index is 0.0840. The maximum absolute atomic E-state index is 13.0. The second kappa shape index (κ2) is 6.53. The Morgan fingerprint density at radius 1 is 1.29 bits per heavy atom. The number of nitriles is 1. The van der Waals surface area contributed by atoms with Crippen molar-refractivity contribution in [2.75, 3.05) is 5.32 Å². The molecule has 0 radical (unpaired) electrons. The second-order valence-corrected chi connectivity index (χ2v) is 4.60. The quantitative estimate of drug-likeness (QED) is 0.907. The summed E-state index contributed by atoms with van der Waals surface area (Å²) in [5.74, 6) is -0.516. The molecule has 0 aliphatic heterocycles. The van der Waals surface area contributed by atoms with E-state index in [2.05, 4.69) is 10.6 Å². The number of nitrogens with zero attached hydrogens (tertiary/aromatic N) is 1. The fraction of sp³-hybridized carbons (Fsp3) is 0.125. The number of benzene rings is 2. The molecule has 0 aliphatic carbocycles. The van der Waals surface area contributed by atoms with Crippen molar-refractivity contribution >= 4 is 11.7 Å². The molecule has 4 nitrogen and oxygen atoms in total. The van der Waals surface area contributed by atoms with Crippen LogP contribution in [0.25, 0.3) is 0 Å². The summed E-state index contributed by atoms with van der Waals surface area (Å²) >= 11 is 0. The van der Waals surface area contributed by atoms with Crippen molar-refractivity contribution in [3.63, 3.8) is 0 Å². The highest BCUT2D eigenvalue weighted by atomic mass is 19.1. The molecular formula is C16H14FN3O. The van der Waals surface area contributed by atoms with Crippen LogP contribution in [0.5, 0.6) is 0 Å². The highest BCUT2D eigenvalue weighted by Gasteiger charge is 2.07. The standard InChI is InChI=1S/C16H14FN3O/c1-11-3-2-4-12(7-11)10-19-16(21)20-15-6-5-14(17)8-13(15)9-18/h2-8H,10H2,1H3,(H2,19,20,21). The number of carbonyl (C=O) groups excluding carboxylic acids is 1. The van der Waals surface area contributed by atoms with Gasteiger partial charge in [0.2, 0.25) is 0 Å². The van der Waals surface area contributed by atoms with E-state index in [-0.39, 0.29) is 11.3 Å². The summed E-state index contributed by atoms with van der Waals surface area (Å²) in [7, 11) is 0. The average molecular weight is 283 g/mol. The zero-order valence-electron chi connectivity index (χ0n) is 11.5. The third-order valence-corrected chi connectivity index (χ3v) is 2.89. The lowest BCUT2D eigenvalue weighted by Crippen LogP contribution is -2.28. The van der Waals surface area contributed by atoms with Gasteiger partial charge in [0.15, 0.2) is 0 Å². The van der Waals surface area contributed by atoms with Crippen LogP contribution in [0.2, 0.25) is 0 Å². The Kier molecular flexibility index (Phi) is 4.52. The Hall–Kier alpha value is -2.87. The van der Waals surface area contributed by atoms with Crippen LogP contribution in [0.4, 0.5) is 14.9 Å². The maximum atomic E-state index is 13.0. The van der Waals surface area contributed by atoms with Gasteiger partial charge in [0, 0.05) is 6.54 Å². The lowest BCUT2D eigenvalue weighted by Gasteiger charge is -2.09. The summed E-state index contributed by atoms with van der Waals surface area (Å²) < 4.78 is 13.0. The van der Waals surface area contributed by atoms with Gasteiger partial charge >= 0.3 is 6.03 Å². The molecule has 0 fully saturated rings. The van der Waals surface area contributed by atoms with E-state index >= 15 is 0 Å². The molecule has 106 valence electrons. The van der Waals surface area contributed by atoms with Gasteiger partial charge in [-0.3, -0.25) is 0 Å². The van der Waals surface area contributed by atoms with E-state index in [1.165, 1.54) is 12.1 Å². The van der Waals surface area contributed by atoms with Crippen molar-refractivity contribution in [2.24, 2.45) is 0 Å². The van der Waals surface area contributed by atoms with Gasteiger partial charge in [-0.05, 0) is 30.7 Å². The number of anilines is 1. The van der Waals surface area contributed by atoms with Crippen LogP contribution in [0, 0.1) is 24.1 Å². The van der Waals surface area contributed by atoms with Crippen molar-refractivity contribution < 1.29 is 9.18 Å². The van der Waals surface area contributed by atoms with E-state index in [1.807, 2.05) is 37.3 Å². The first kappa shape index (κ1) is 14.5. The van der Waals surface area contributed by atoms with Gasteiger partial charge in [-0.2, -0.15) is 5.26 Å². The van der Waals surface area contributed by atoms with Crippen molar-refractivity contribution in [1.29, 1.82) is 5.26 Å². The SMILES string of the molecule is Cc1cccc(CNC(=O)Nc2ccc(F)cc2C#N)c1. The van der Waals surface area contributed by atoms with Crippen molar-refractivity contribution in [1.82, 2.24) is 5.32 Å². The number of hydrogen-bond donors (Lipinski definition) is 2. The fourth-order valence-corrected chi connectivity index (χ4v) is 1.89. The molecule has 21 heavy (non-hydrogen) atoms. The van der Waals surface area contributed by atoms with Crippen LogP contribution in [0.3, 0.4) is 0 Å². The lowest BCUT2D eigenvalue weighted by molar-refractivity contribution is 0.251. The van der Waals surface area contributed by atoms with Gasteiger partial charge < -0.3 is 10.6 Å². The van der Waals surface area contributed by atoms with E-state index in [9.17, 15) is 9.18 Å². The summed E-state index contributed by atoms with van der Waals surface area (Å²) in [5.41, 5.74) is 2.45. The Bertz CT molecular complexity index is 707. The van der Waals surface area contributed by atoms with Gasteiger partial charge in [0.05, 0.1) is 11.3 Å². The molecule has 5 heteroatoms. The lowest BCUT2D eigenvalue weighted by atomic mass is 10.1. The van der Waals surface area contributed by atoms with Crippen LogP contribution in [-0.4, -0.2) is 6.03 Å². The molecule has 2 amide bonds. The fourth-order valence-electron chi connectivity index (χ4n) is 1.89. The molecule has 0 saturated heterocycles. The van der Waals surface area contributed by atoms with Gasteiger partial charge in [0.1, 0.15) is 11.9 Å². The number of carbonyl (C=O) groups is 1. The van der Waals surface area contributed by atoms with E-state index in [0.717, 1.165) is 17.2 Å². The van der Waals surface area contributed by atoms with E-state index in [0.29, 0.717) is 6.54 Å². The van der Waals surface area contributed by atoms with Crippen molar-refractivity contribution in [3.05, 3.63) is 65.0 Å².